The molecule has 1 amide bonds. The van der Waals surface area contributed by atoms with Crippen LogP contribution in [0, 0.1) is 6.92 Å². The molecule has 3 N–H and O–H groups in total. The number of rotatable bonds is 5. The summed E-state index contributed by atoms with van der Waals surface area (Å²) in [5.41, 5.74) is 3.61. The fraction of sp³-hybridized carbons (Fsp3) is 0.381. The van der Waals surface area contributed by atoms with Gasteiger partial charge in [-0.2, -0.15) is 0 Å². The van der Waals surface area contributed by atoms with Gasteiger partial charge in [-0.1, -0.05) is 48.0 Å². The van der Waals surface area contributed by atoms with Gasteiger partial charge in [0.2, 0.25) is 0 Å². The highest BCUT2D eigenvalue weighted by Gasteiger charge is 2.31. The minimum Gasteiger partial charge on any atom is -0.322 e. The third-order valence-corrected chi connectivity index (χ3v) is 5.18. The summed E-state index contributed by atoms with van der Waals surface area (Å²) >= 11 is 0. The van der Waals surface area contributed by atoms with Gasteiger partial charge in [0.05, 0.1) is 0 Å². The molecule has 132 valence electrons. The van der Waals surface area contributed by atoms with Crippen molar-refractivity contribution in [2.75, 3.05) is 31.5 Å². The molecule has 1 aliphatic heterocycles. The van der Waals surface area contributed by atoms with Crippen molar-refractivity contribution in [3.05, 3.63) is 65.7 Å². The summed E-state index contributed by atoms with van der Waals surface area (Å²) in [5, 5.41) is 3.03. The van der Waals surface area contributed by atoms with E-state index in [-0.39, 0.29) is 11.9 Å². The van der Waals surface area contributed by atoms with Crippen LogP contribution in [0.4, 0.5) is 5.69 Å². The van der Waals surface area contributed by atoms with Gasteiger partial charge in [-0.25, -0.2) is 0 Å². The number of hydrogen-bond acceptors (Lipinski definition) is 1. The Bertz CT molecular complexity index is 693. The lowest BCUT2D eigenvalue weighted by molar-refractivity contribution is -1.02. The van der Waals surface area contributed by atoms with E-state index < -0.39 is 0 Å². The maximum Gasteiger partial charge on any atom is 0.282 e. The van der Waals surface area contributed by atoms with Crippen molar-refractivity contribution in [1.82, 2.24) is 0 Å². The highest BCUT2D eigenvalue weighted by Crippen LogP contribution is 2.05. The predicted molar refractivity (Wildman–Crippen MR) is 101 cm³/mol. The molecular formula is C21H29N3O+2. The van der Waals surface area contributed by atoms with Crippen LogP contribution in [0.1, 0.15) is 18.1 Å². The average Bonchev–Trinajstić information content (AvgIpc) is 2.62. The molecule has 3 rings (SSSR count). The fourth-order valence-electron chi connectivity index (χ4n) is 3.60. The maximum absolute atomic E-state index is 12.5. The van der Waals surface area contributed by atoms with Crippen LogP contribution in [0.25, 0.3) is 0 Å². The molecule has 1 aliphatic rings. The van der Waals surface area contributed by atoms with Crippen molar-refractivity contribution in [3.63, 3.8) is 0 Å². The van der Waals surface area contributed by atoms with E-state index in [4.69, 9.17) is 0 Å². The molecule has 1 fully saturated rings. The number of carbonyl (C=O) groups is 1. The molecule has 1 atom stereocenters. The van der Waals surface area contributed by atoms with Gasteiger partial charge in [0.1, 0.15) is 32.7 Å². The number of aryl methyl sites for hydroxylation is 1. The number of amides is 1. The molecule has 25 heavy (non-hydrogen) atoms. The van der Waals surface area contributed by atoms with Gasteiger partial charge >= 0.3 is 0 Å². The monoisotopic (exact) mass is 339 g/mol. The van der Waals surface area contributed by atoms with Gasteiger partial charge in [-0.3, -0.25) is 4.79 Å². The number of quaternary nitrogens is 2. The van der Waals surface area contributed by atoms with Gasteiger partial charge in [0.15, 0.2) is 6.04 Å². The predicted octanol–water partition coefficient (Wildman–Crippen LogP) is 0.306. The van der Waals surface area contributed by atoms with Crippen LogP contribution in [0.3, 0.4) is 0 Å². The van der Waals surface area contributed by atoms with Crippen molar-refractivity contribution in [2.24, 2.45) is 0 Å². The lowest BCUT2D eigenvalue weighted by Gasteiger charge is -2.32. The zero-order valence-electron chi connectivity index (χ0n) is 15.2. The molecule has 0 spiro atoms. The molecule has 0 radical (unpaired) electrons. The highest BCUT2D eigenvalue weighted by atomic mass is 16.2. The molecule has 2 aromatic rings. The summed E-state index contributed by atoms with van der Waals surface area (Å²) in [6, 6.07) is 18.5. The number of hydrogen-bond donors (Lipinski definition) is 3. The maximum atomic E-state index is 12.5. The summed E-state index contributed by atoms with van der Waals surface area (Å²) in [6.45, 7) is 9.60. The molecule has 4 nitrogen and oxygen atoms in total. The first kappa shape index (κ1) is 17.6. The minimum absolute atomic E-state index is 0.0132. The topological polar surface area (TPSA) is 38.0 Å². The Morgan fingerprint density at radius 2 is 1.76 bits per heavy atom. The summed E-state index contributed by atoms with van der Waals surface area (Å²) in [5.74, 6) is 0.114. The molecule has 2 aromatic carbocycles. The van der Waals surface area contributed by atoms with Crippen molar-refractivity contribution < 1.29 is 14.6 Å². The molecule has 0 bridgehead atoms. The van der Waals surface area contributed by atoms with E-state index >= 15 is 0 Å². The quantitative estimate of drug-likeness (QED) is 0.721. The lowest BCUT2D eigenvalue weighted by atomic mass is 10.1. The molecule has 1 saturated heterocycles. The van der Waals surface area contributed by atoms with Crippen molar-refractivity contribution in [3.8, 4) is 0 Å². The Morgan fingerprint density at radius 1 is 1.04 bits per heavy atom. The number of benzene rings is 2. The van der Waals surface area contributed by atoms with Crippen LogP contribution in [0.15, 0.2) is 54.6 Å². The van der Waals surface area contributed by atoms with Gasteiger partial charge < -0.3 is 15.1 Å². The molecule has 4 heteroatoms. The van der Waals surface area contributed by atoms with Crippen LogP contribution in [-0.4, -0.2) is 38.1 Å². The molecule has 0 saturated carbocycles. The van der Waals surface area contributed by atoms with Gasteiger partial charge in [0, 0.05) is 11.3 Å². The van der Waals surface area contributed by atoms with E-state index in [0.717, 1.165) is 38.4 Å². The van der Waals surface area contributed by atoms with Gasteiger partial charge in [-0.05, 0) is 26.0 Å². The van der Waals surface area contributed by atoms with Crippen LogP contribution in [0.5, 0.6) is 0 Å². The van der Waals surface area contributed by atoms with E-state index in [9.17, 15) is 4.79 Å². The lowest BCUT2D eigenvalue weighted by Crippen LogP contribution is -3.29. The third-order valence-electron chi connectivity index (χ3n) is 5.18. The van der Waals surface area contributed by atoms with Gasteiger partial charge in [0.25, 0.3) is 5.91 Å². The summed E-state index contributed by atoms with van der Waals surface area (Å²) in [7, 11) is 0. The zero-order chi connectivity index (χ0) is 17.6. The van der Waals surface area contributed by atoms with Crippen LogP contribution in [-0.2, 0) is 11.3 Å². The molecule has 0 unspecified atom stereocenters. The second-order valence-corrected chi connectivity index (χ2v) is 7.15. The first-order valence-corrected chi connectivity index (χ1v) is 9.21. The Kier molecular flexibility index (Phi) is 5.84. The van der Waals surface area contributed by atoms with Crippen molar-refractivity contribution in [2.45, 2.75) is 26.4 Å². The second-order valence-electron chi connectivity index (χ2n) is 7.15. The normalized spacial score (nSPS) is 21.5. The molecule has 1 heterocycles. The number of carbonyl (C=O) groups excluding carboxylic acids is 1. The van der Waals surface area contributed by atoms with Crippen LogP contribution < -0.4 is 15.1 Å². The van der Waals surface area contributed by atoms with E-state index in [0.29, 0.717) is 0 Å². The average molecular weight is 339 g/mol. The summed E-state index contributed by atoms with van der Waals surface area (Å²) in [4.78, 5) is 15.5. The van der Waals surface area contributed by atoms with E-state index in [1.165, 1.54) is 16.0 Å². The SMILES string of the molecule is Cc1cccc(C[NH+]2CC[NH+]([C@@H](C)C(=O)Nc3ccccc3)CC2)c1. The molecular weight excluding hydrogens is 310 g/mol. The number of nitrogens with one attached hydrogen (secondary N) is 3. The standard InChI is InChI=1S/C21H27N3O/c1-17-7-6-8-19(15-17)16-23-11-13-24(14-12-23)18(2)21(25)22-20-9-4-3-5-10-20/h3-10,15,18H,11-14,16H2,1-2H3,(H,22,25)/p+2/t18-/m0/s1. The zero-order valence-corrected chi connectivity index (χ0v) is 15.2. The first-order chi connectivity index (χ1) is 12.1. The van der Waals surface area contributed by atoms with Gasteiger partial charge in [-0.15, -0.1) is 0 Å². The third kappa shape index (κ3) is 4.91. The van der Waals surface area contributed by atoms with Crippen LogP contribution >= 0.6 is 0 Å². The van der Waals surface area contributed by atoms with E-state index in [2.05, 4.69) is 36.5 Å². The molecule has 0 aliphatic carbocycles. The number of anilines is 1. The van der Waals surface area contributed by atoms with E-state index in [1.54, 1.807) is 4.90 Å². The van der Waals surface area contributed by atoms with E-state index in [1.807, 2.05) is 37.3 Å². The largest absolute Gasteiger partial charge is 0.322 e. The highest BCUT2D eigenvalue weighted by molar-refractivity contribution is 5.93. The summed E-state index contributed by atoms with van der Waals surface area (Å²) in [6.07, 6.45) is 0. The van der Waals surface area contributed by atoms with Crippen molar-refractivity contribution in [1.29, 1.82) is 0 Å². The summed E-state index contributed by atoms with van der Waals surface area (Å²) < 4.78 is 0. The Balaban J connectivity index is 1.48. The fourth-order valence-corrected chi connectivity index (χ4v) is 3.60. The van der Waals surface area contributed by atoms with Crippen molar-refractivity contribution >= 4 is 11.6 Å². The Hall–Kier alpha value is -2.17. The first-order valence-electron chi connectivity index (χ1n) is 9.21. The number of para-hydroxylation sites is 1. The minimum atomic E-state index is -0.0132. The second kappa shape index (κ2) is 8.28. The Morgan fingerprint density at radius 3 is 2.44 bits per heavy atom. The number of piperazine rings is 1. The Labute approximate surface area is 150 Å². The van der Waals surface area contributed by atoms with Crippen LogP contribution in [0.2, 0.25) is 0 Å². The molecule has 0 aromatic heterocycles. The smallest absolute Gasteiger partial charge is 0.282 e.